The number of aromatic nitrogens is 1. The molecule has 0 fully saturated rings. The van der Waals surface area contributed by atoms with Crippen LogP contribution in [0.15, 0.2) is 65.6 Å². The summed E-state index contributed by atoms with van der Waals surface area (Å²) in [5.41, 5.74) is 4.11. The zero-order valence-corrected chi connectivity index (χ0v) is 20.0. The van der Waals surface area contributed by atoms with Gasteiger partial charge in [0.2, 0.25) is 0 Å². The van der Waals surface area contributed by atoms with Gasteiger partial charge in [-0.3, -0.25) is 9.52 Å². The van der Waals surface area contributed by atoms with E-state index in [4.69, 9.17) is 4.74 Å². The lowest BCUT2D eigenvalue weighted by Crippen LogP contribution is -2.20. The number of benzene rings is 3. The fourth-order valence-corrected chi connectivity index (χ4v) is 5.47. The zero-order chi connectivity index (χ0) is 23.6. The Balaban J connectivity index is 1.48. The number of amides is 1. The highest BCUT2D eigenvalue weighted by Crippen LogP contribution is 2.32. The highest BCUT2D eigenvalue weighted by atomic mass is 32.2. The molecular weight excluding hydrogens is 458 g/mol. The molecule has 33 heavy (non-hydrogen) atoms. The molecule has 0 unspecified atom stereocenters. The second-order valence-corrected chi connectivity index (χ2v) is 10.4. The standard InChI is InChI=1S/C24H23N3O4S2/c1-15-7-9-20(10-8-15)33(29,30)27-24-26-23-17(3)12-18(13-21(23)32-24)25-22(28)14-31-19-6-4-5-16(2)11-19/h4-13H,14H2,1-3H3,(H,25,28)(H,26,27). The minimum absolute atomic E-state index is 0.120. The summed E-state index contributed by atoms with van der Waals surface area (Å²) in [4.78, 5) is 17.0. The van der Waals surface area contributed by atoms with Crippen LogP contribution < -0.4 is 14.8 Å². The second-order valence-electron chi connectivity index (χ2n) is 7.73. The number of anilines is 2. The van der Waals surface area contributed by atoms with Gasteiger partial charge in [0.15, 0.2) is 11.7 Å². The van der Waals surface area contributed by atoms with Crippen molar-refractivity contribution in [3.8, 4) is 5.75 Å². The van der Waals surface area contributed by atoms with Crippen molar-refractivity contribution < 1.29 is 17.9 Å². The monoisotopic (exact) mass is 481 g/mol. The number of fused-ring (bicyclic) bond motifs is 1. The maximum atomic E-state index is 12.7. The normalized spacial score (nSPS) is 11.4. The molecule has 2 N–H and O–H groups in total. The molecule has 0 atom stereocenters. The quantitative estimate of drug-likeness (QED) is 0.385. The number of carbonyl (C=O) groups excluding carboxylic acids is 1. The fourth-order valence-electron chi connectivity index (χ4n) is 3.25. The SMILES string of the molecule is Cc1ccc(S(=O)(=O)Nc2nc3c(C)cc(NC(=O)COc4cccc(C)c4)cc3s2)cc1. The highest BCUT2D eigenvalue weighted by Gasteiger charge is 2.17. The van der Waals surface area contributed by atoms with Gasteiger partial charge in [-0.15, -0.1) is 0 Å². The Morgan fingerprint density at radius 2 is 1.76 bits per heavy atom. The van der Waals surface area contributed by atoms with Crippen molar-refractivity contribution in [2.24, 2.45) is 0 Å². The topological polar surface area (TPSA) is 97.4 Å². The predicted octanol–water partition coefficient (Wildman–Crippen LogP) is 5.04. The molecule has 0 spiro atoms. The molecule has 0 aliphatic carbocycles. The minimum Gasteiger partial charge on any atom is -0.484 e. The van der Waals surface area contributed by atoms with Gasteiger partial charge in [0, 0.05) is 5.69 Å². The van der Waals surface area contributed by atoms with E-state index in [2.05, 4.69) is 15.0 Å². The molecule has 4 aromatic rings. The number of hydrogen-bond donors (Lipinski definition) is 2. The van der Waals surface area contributed by atoms with E-state index >= 15 is 0 Å². The number of ether oxygens (including phenoxy) is 1. The third-order valence-electron chi connectivity index (χ3n) is 4.88. The van der Waals surface area contributed by atoms with Crippen LogP contribution in [0.2, 0.25) is 0 Å². The van der Waals surface area contributed by atoms with Crippen LogP contribution in [0.5, 0.6) is 5.75 Å². The van der Waals surface area contributed by atoms with Gasteiger partial charge < -0.3 is 10.1 Å². The van der Waals surface area contributed by atoms with Crippen molar-refractivity contribution in [3.63, 3.8) is 0 Å². The summed E-state index contributed by atoms with van der Waals surface area (Å²) in [6.07, 6.45) is 0. The van der Waals surface area contributed by atoms with E-state index in [1.54, 1.807) is 42.5 Å². The van der Waals surface area contributed by atoms with Gasteiger partial charge in [-0.1, -0.05) is 41.2 Å². The first-order valence-corrected chi connectivity index (χ1v) is 12.5. The van der Waals surface area contributed by atoms with Crippen molar-refractivity contribution in [2.45, 2.75) is 25.7 Å². The average molecular weight is 482 g/mol. The summed E-state index contributed by atoms with van der Waals surface area (Å²) in [7, 11) is -3.74. The first kappa shape index (κ1) is 22.8. The molecule has 3 aromatic carbocycles. The van der Waals surface area contributed by atoms with Gasteiger partial charge in [0.1, 0.15) is 5.75 Å². The predicted molar refractivity (Wildman–Crippen MR) is 132 cm³/mol. The number of thiazole rings is 1. The van der Waals surface area contributed by atoms with Gasteiger partial charge in [-0.2, -0.15) is 0 Å². The van der Waals surface area contributed by atoms with Gasteiger partial charge in [-0.05, 0) is 68.3 Å². The number of hydrogen-bond acceptors (Lipinski definition) is 6. The lowest BCUT2D eigenvalue weighted by molar-refractivity contribution is -0.118. The number of nitrogens with one attached hydrogen (secondary N) is 2. The summed E-state index contributed by atoms with van der Waals surface area (Å²) in [6.45, 7) is 5.59. The number of rotatable bonds is 7. The number of aryl methyl sites for hydroxylation is 3. The van der Waals surface area contributed by atoms with Crippen molar-refractivity contribution in [2.75, 3.05) is 16.6 Å². The Bertz CT molecular complexity index is 1430. The van der Waals surface area contributed by atoms with Crippen LogP contribution in [0.3, 0.4) is 0 Å². The summed E-state index contributed by atoms with van der Waals surface area (Å²) in [5.74, 6) is 0.338. The molecular formula is C24H23N3O4S2. The van der Waals surface area contributed by atoms with E-state index in [9.17, 15) is 13.2 Å². The Morgan fingerprint density at radius 3 is 2.48 bits per heavy atom. The van der Waals surface area contributed by atoms with Crippen molar-refractivity contribution in [3.05, 3.63) is 77.4 Å². The van der Waals surface area contributed by atoms with Crippen molar-refractivity contribution in [1.82, 2.24) is 4.98 Å². The van der Waals surface area contributed by atoms with Gasteiger partial charge in [-0.25, -0.2) is 13.4 Å². The summed E-state index contributed by atoms with van der Waals surface area (Å²) >= 11 is 1.21. The van der Waals surface area contributed by atoms with Crippen molar-refractivity contribution in [1.29, 1.82) is 0 Å². The molecule has 0 aliphatic rings. The first-order chi connectivity index (χ1) is 15.7. The van der Waals surface area contributed by atoms with E-state index in [1.807, 2.05) is 39.0 Å². The smallest absolute Gasteiger partial charge is 0.263 e. The lowest BCUT2D eigenvalue weighted by Gasteiger charge is -2.09. The maximum Gasteiger partial charge on any atom is 0.263 e. The van der Waals surface area contributed by atoms with Crippen LogP contribution in [0.4, 0.5) is 10.8 Å². The molecule has 170 valence electrons. The molecule has 7 nitrogen and oxygen atoms in total. The molecule has 0 bridgehead atoms. The second kappa shape index (κ2) is 9.21. The molecule has 9 heteroatoms. The minimum atomic E-state index is -3.74. The first-order valence-electron chi connectivity index (χ1n) is 10.2. The zero-order valence-electron chi connectivity index (χ0n) is 18.4. The molecule has 0 saturated carbocycles. The molecule has 0 aliphatic heterocycles. The van der Waals surface area contributed by atoms with Crippen molar-refractivity contribution >= 4 is 48.3 Å². The molecule has 4 rings (SSSR count). The Labute approximate surface area is 196 Å². The van der Waals surface area contributed by atoms with E-state index in [1.165, 1.54) is 11.3 Å². The highest BCUT2D eigenvalue weighted by molar-refractivity contribution is 7.93. The Hall–Kier alpha value is -3.43. The van der Waals surface area contributed by atoms with E-state index in [0.29, 0.717) is 17.0 Å². The average Bonchev–Trinajstić information content (AvgIpc) is 3.15. The van der Waals surface area contributed by atoms with E-state index < -0.39 is 10.0 Å². The van der Waals surface area contributed by atoms with Gasteiger partial charge >= 0.3 is 0 Å². The maximum absolute atomic E-state index is 12.7. The third kappa shape index (κ3) is 5.50. The van der Waals surface area contributed by atoms with Crippen LogP contribution in [0, 0.1) is 20.8 Å². The molecule has 1 aromatic heterocycles. The van der Waals surface area contributed by atoms with Crippen LogP contribution >= 0.6 is 11.3 Å². The van der Waals surface area contributed by atoms with Crippen LogP contribution in [-0.2, 0) is 14.8 Å². The number of sulfonamides is 1. The Kier molecular flexibility index (Phi) is 6.35. The van der Waals surface area contributed by atoms with Crippen LogP contribution in [-0.4, -0.2) is 25.9 Å². The Morgan fingerprint density at radius 1 is 1.00 bits per heavy atom. The molecule has 1 heterocycles. The van der Waals surface area contributed by atoms with Gasteiger partial charge in [0.25, 0.3) is 15.9 Å². The fraction of sp³-hybridized carbons (Fsp3) is 0.167. The van der Waals surface area contributed by atoms with Crippen LogP contribution in [0.1, 0.15) is 16.7 Å². The van der Waals surface area contributed by atoms with E-state index in [-0.39, 0.29) is 22.5 Å². The molecule has 0 saturated heterocycles. The number of nitrogens with zero attached hydrogens (tertiary/aromatic N) is 1. The van der Waals surface area contributed by atoms with Gasteiger partial charge in [0.05, 0.1) is 15.1 Å². The third-order valence-corrected chi connectivity index (χ3v) is 7.28. The number of carbonyl (C=O) groups is 1. The summed E-state index contributed by atoms with van der Waals surface area (Å²) in [6, 6.07) is 17.7. The summed E-state index contributed by atoms with van der Waals surface area (Å²) in [5, 5.41) is 3.09. The summed E-state index contributed by atoms with van der Waals surface area (Å²) < 4.78 is 34.2. The largest absolute Gasteiger partial charge is 0.484 e. The molecule has 0 radical (unpaired) electrons. The van der Waals surface area contributed by atoms with Crippen LogP contribution in [0.25, 0.3) is 10.2 Å². The van der Waals surface area contributed by atoms with E-state index in [0.717, 1.165) is 21.4 Å². The lowest BCUT2D eigenvalue weighted by atomic mass is 10.2. The molecule has 1 amide bonds.